The Morgan fingerprint density at radius 2 is 2.14 bits per heavy atom. The number of ether oxygens (including phenoxy) is 2. The molecular formula is C13H13ClN4O3S. The lowest BCUT2D eigenvalue weighted by Gasteiger charge is -2.10. The number of H-pyrrole nitrogens is 1. The molecule has 0 fully saturated rings. The number of aryl methyl sites for hydroxylation is 1. The van der Waals surface area contributed by atoms with Gasteiger partial charge >= 0.3 is 0 Å². The van der Waals surface area contributed by atoms with E-state index >= 15 is 0 Å². The van der Waals surface area contributed by atoms with E-state index in [1.165, 1.54) is 20.4 Å². The summed E-state index contributed by atoms with van der Waals surface area (Å²) in [5, 5.41) is 10.7. The largest absolute Gasteiger partial charge is 0.493 e. The fraction of sp³-hybridized carbons (Fsp3) is 0.231. The molecule has 0 aliphatic heterocycles. The second kappa shape index (κ2) is 6.71. The highest BCUT2D eigenvalue weighted by atomic mass is 35.5. The van der Waals surface area contributed by atoms with E-state index in [9.17, 15) is 4.79 Å². The molecule has 0 aliphatic rings. The van der Waals surface area contributed by atoms with Crippen molar-refractivity contribution in [3.05, 3.63) is 43.5 Å². The van der Waals surface area contributed by atoms with Gasteiger partial charge < -0.3 is 9.47 Å². The maximum absolute atomic E-state index is 11.9. The molecule has 0 atom stereocenters. The van der Waals surface area contributed by atoms with Crippen molar-refractivity contribution in [3.8, 4) is 11.5 Å². The van der Waals surface area contributed by atoms with Gasteiger partial charge in [-0.05, 0) is 31.3 Å². The Balaban J connectivity index is 2.51. The summed E-state index contributed by atoms with van der Waals surface area (Å²) in [5.74, 6) is 0.885. The second-order valence-corrected chi connectivity index (χ2v) is 4.94. The maximum atomic E-state index is 11.9. The van der Waals surface area contributed by atoms with Crippen LogP contribution in [0.1, 0.15) is 11.3 Å². The molecule has 1 N–H and O–H groups in total. The molecule has 1 aromatic heterocycles. The minimum Gasteiger partial charge on any atom is -0.493 e. The number of nitrogens with one attached hydrogen (secondary N) is 1. The predicted octanol–water partition coefficient (Wildman–Crippen LogP) is 2.16. The van der Waals surface area contributed by atoms with Gasteiger partial charge in [0.1, 0.15) is 5.69 Å². The van der Waals surface area contributed by atoms with Gasteiger partial charge in [-0.2, -0.15) is 14.9 Å². The van der Waals surface area contributed by atoms with Gasteiger partial charge in [0, 0.05) is 5.56 Å². The third-order valence-electron chi connectivity index (χ3n) is 2.84. The molecule has 22 heavy (non-hydrogen) atoms. The summed E-state index contributed by atoms with van der Waals surface area (Å²) in [6, 6.07) is 3.38. The first-order chi connectivity index (χ1) is 10.5. The highest BCUT2D eigenvalue weighted by molar-refractivity contribution is 7.71. The fourth-order valence-electron chi connectivity index (χ4n) is 1.70. The van der Waals surface area contributed by atoms with Crippen LogP contribution in [0, 0.1) is 11.7 Å². The van der Waals surface area contributed by atoms with Crippen molar-refractivity contribution < 1.29 is 9.47 Å². The quantitative estimate of drug-likeness (QED) is 0.681. The van der Waals surface area contributed by atoms with E-state index in [0.29, 0.717) is 22.1 Å². The van der Waals surface area contributed by atoms with Crippen molar-refractivity contribution in [3.63, 3.8) is 0 Å². The minimum atomic E-state index is -0.406. The van der Waals surface area contributed by atoms with Crippen LogP contribution in [0.4, 0.5) is 0 Å². The Morgan fingerprint density at radius 1 is 1.41 bits per heavy atom. The number of benzene rings is 1. The zero-order valence-electron chi connectivity index (χ0n) is 12.1. The summed E-state index contributed by atoms with van der Waals surface area (Å²) in [5.41, 5.74) is 0.399. The molecule has 7 nitrogen and oxygen atoms in total. The molecule has 116 valence electrons. The number of aromatic nitrogens is 3. The van der Waals surface area contributed by atoms with Gasteiger partial charge in [0.05, 0.1) is 25.5 Å². The van der Waals surface area contributed by atoms with Crippen LogP contribution < -0.4 is 15.0 Å². The van der Waals surface area contributed by atoms with Crippen LogP contribution in [-0.4, -0.2) is 35.3 Å². The summed E-state index contributed by atoms with van der Waals surface area (Å²) >= 11 is 11.2. The summed E-state index contributed by atoms with van der Waals surface area (Å²) in [6.07, 6.45) is 1.41. The lowest BCUT2D eigenvalue weighted by atomic mass is 10.2. The molecule has 2 aromatic rings. The van der Waals surface area contributed by atoms with E-state index in [1.54, 1.807) is 19.1 Å². The fourth-order valence-corrected chi connectivity index (χ4v) is 2.16. The van der Waals surface area contributed by atoms with E-state index in [4.69, 9.17) is 33.3 Å². The van der Waals surface area contributed by atoms with Crippen LogP contribution in [0.15, 0.2) is 22.0 Å². The molecule has 9 heteroatoms. The molecule has 0 spiro atoms. The monoisotopic (exact) mass is 340 g/mol. The number of methoxy groups -OCH3 is 2. The molecule has 0 amide bonds. The van der Waals surface area contributed by atoms with Crippen molar-refractivity contribution in [2.24, 2.45) is 5.10 Å². The molecule has 1 aromatic carbocycles. The summed E-state index contributed by atoms with van der Waals surface area (Å²) in [7, 11) is 3.00. The van der Waals surface area contributed by atoms with Crippen molar-refractivity contribution in [2.45, 2.75) is 6.92 Å². The number of hydrogen-bond donors (Lipinski definition) is 1. The molecular weight excluding hydrogens is 328 g/mol. The standard InChI is InChI=1S/C13H13ClN4O3S/c1-7-12(19)18(13(22)17-16-7)15-6-8-4-5-9(20-2)11(21-3)10(8)14/h4-6H,1-3H3,(H,17,22)/b15-6-. The molecule has 0 saturated carbocycles. The van der Waals surface area contributed by atoms with E-state index < -0.39 is 5.56 Å². The summed E-state index contributed by atoms with van der Waals surface area (Å²) in [6.45, 7) is 1.56. The number of hydrogen-bond acceptors (Lipinski definition) is 6. The van der Waals surface area contributed by atoms with Crippen molar-refractivity contribution in [1.82, 2.24) is 14.9 Å². The third kappa shape index (κ3) is 3.02. The SMILES string of the molecule is COc1ccc(/C=N\n2c(=S)[nH]nc(C)c2=O)c(Cl)c1OC. The second-order valence-electron chi connectivity index (χ2n) is 4.18. The number of aromatic amines is 1. The van der Waals surface area contributed by atoms with Crippen LogP contribution in [0.25, 0.3) is 0 Å². The van der Waals surface area contributed by atoms with Crippen LogP contribution in [0.2, 0.25) is 5.02 Å². The van der Waals surface area contributed by atoms with Crippen LogP contribution in [0.3, 0.4) is 0 Å². The highest BCUT2D eigenvalue weighted by Gasteiger charge is 2.12. The Morgan fingerprint density at radius 3 is 2.77 bits per heavy atom. The number of nitrogens with zero attached hydrogens (tertiary/aromatic N) is 3. The molecule has 0 radical (unpaired) electrons. The van der Waals surface area contributed by atoms with Crippen molar-refractivity contribution >= 4 is 30.0 Å². The van der Waals surface area contributed by atoms with E-state index in [0.717, 1.165) is 4.68 Å². The van der Waals surface area contributed by atoms with Crippen LogP contribution in [-0.2, 0) is 0 Å². The zero-order valence-corrected chi connectivity index (χ0v) is 13.7. The third-order valence-corrected chi connectivity index (χ3v) is 3.49. The maximum Gasteiger partial charge on any atom is 0.296 e. The Kier molecular flexibility index (Phi) is 4.94. The first-order valence-corrected chi connectivity index (χ1v) is 6.91. The average molecular weight is 341 g/mol. The van der Waals surface area contributed by atoms with Crippen LogP contribution in [0.5, 0.6) is 11.5 Å². The van der Waals surface area contributed by atoms with E-state index in [-0.39, 0.29) is 10.5 Å². The first-order valence-electron chi connectivity index (χ1n) is 6.12. The molecule has 0 unspecified atom stereocenters. The highest BCUT2D eigenvalue weighted by Crippen LogP contribution is 2.36. The van der Waals surface area contributed by atoms with E-state index in [1.807, 2.05) is 0 Å². The van der Waals surface area contributed by atoms with Gasteiger partial charge in [-0.25, -0.2) is 0 Å². The van der Waals surface area contributed by atoms with Crippen molar-refractivity contribution in [1.29, 1.82) is 0 Å². The van der Waals surface area contributed by atoms with Gasteiger partial charge in [0.25, 0.3) is 5.56 Å². The first kappa shape index (κ1) is 16.2. The molecule has 0 aliphatic carbocycles. The Labute approximate surface area is 136 Å². The van der Waals surface area contributed by atoms with Crippen molar-refractivity contribution in [2.75, 3.05) is 14.2 Å². The minimum absolute atomic E-state index is 0.0865. The molecule has 0 saturated heterocycles. The van der Waals surface area contributed by atoms with Gasteiger partial charge in [-0.15, -0.1) is 0 Å². The predicted molar refractivity (Wildman–Crippen MR) is 86.0 cm³/mol. The summed E-state index contributed by atoms with van der Waals surface area (Å²) in [4.78, 5) is 11.9. The van der Waals surface area contributed by atoms with Gasteiger partial charge in [0.2, 0.25) is 4.77 Å². The summed E-state index contributed by atoms with van der Waals surface area (Å²) < 4.78 is 11.5. The Bertz CT molecular complexity index is 844. The normalized spacial score (nSPS) is 10.9. The van der Waals surface area contributed by atoms with Gasteiger partial charge in [0.15, 0.2) is 11.5 Å². The van der Waals surface area contributed by atoms with E-state index in [2.05, 4.69) is 15.3 Å². The van der Waals surface area contributed by atoms with Crippen LogP contribution >= 0.6 is 23.8 Å². The average Bonchev–Trinajstić information content (AvgIpc) is 2.52. The smallest absolute Gasteiger partial charge is 0.296 e. The van der Waals surface area contributed by atoms with Gasteiger partial charge in [-0.1, -0.05) is 11.6 Å². The molecule has 2 rings (SSSR count). The number of rotatable bonds is 4. The molecule has 1 heterocycles. The zero-order chi connectivity index (χ0) is 16.3. The van der Waals surface area contributed by atoms with Gasteiger partial charge in [-0.3, -0.25) is 9.89 Å². The Hall–Kier alpha value is -2.19. The molecule has 0 bridgehead atoms. The topological polar surface area (TPSA) is 81.5 Å². The lowest BCUT2D eigenvalue weighted by molar-refractivity contribution is 0.355. The lowest BCUT2D eigenvalue weighted by Crippen LogP contribution is -2.22. The number of halogens is 1.